The zero-order valence-corrected chi connectivity index (χ0v) is 12.3. The van der Waals surface area contributed by atoms with Crippen molar-refractivity contribution in [1.29, 1.82) is 0 Å². The highest BCUT2D eigenvalue weighted by molar-refractivity contribution is 5.91. The van der Waals surface area contributed by atoms with E-state index in [2.05, 4.69) is 10.4 Å². The number of anilines is 1. The summed E-state index contributed by atoms with van der Waals surface area (Å²) in [5.41, 5.74) is 0.176. The van der Waals surface area contributed by atoms with Gasteiger partial charge < -0.3 is 5.32 Å². The largest absolute Gasteiger partial charge is 0.309 e. The minimum absolute atomic E-state index is 0.0791. The quantitative estimate of drug-likeness (QED) is 0.796. The van der Waals surface area contributed by atoms with Gasteiger partial charge in [0.1, 0.15) is 23.1 Å². The Balaban J connectivity index is 1.73. The molecule has 2 aromatic carbocycles. The lowest BCUT2D eigenvalue weighted by atomic mass is 10.1. The number of amides is 1. The number of nitrogens with one attached hydrogen (secondary N) is 1. The molecule has 3 rings (SSSR count). The van der Waals surface area contributed by atoms with Crippen molar-refractivity contribution in [3.05, 3.63) is 77.7 Å². The monoisotopic (exact) mass is 331 g/mol. The molecule has 4 nitrogen and oxygen atoms in total. The SMILES string of the molecule is O=C(Cc1ccccc1F)Nc1ccn(-c2cc(F)ccc2F)n1. The Hall–Kier alpha value is -3.09. The fraction of sp³-hybridized carbons (Fsp3) is 0.0588. The highest BCUT2D eigenvalue weighted by atomic mass is 19.1. The van der Waals surface area contributed by atoms with Gasteiger partial charge >= 0.3 is 0 Å². The normalized spacial score (nSPS) is 10.6. The number of halogens is 3. The van der Waals surface area contributed by atoms with E-state index in [9.17, 15) is 18.0 Å². The van der Waals surface area contributed by atoms with Crippen molar-refractivity contribution in [2.75, 3.05) is 5.32 Å². The second-order valence-corrected chi connectivity index (χ2v) is 5.06. The Morgan fingerprint density at radius 2 is 1.83 bits per heavy atom. The summed E-state index contributed by atoms with van der Waals surface area (Å²) in [7, 11) is 0. The molecule has 0 spiro atoms. The van der Waals surface area contributed by atoms with Crippen LogP contribution in [0.1, 0.15) is 5.56 Å². The average Bonchev–Trinajstić information content (AvgIpc) is 3.00. The van der Waals surface area contributed by atoms with Gasteiger partial charge in [0.2, 0.25) is 5.91 Å². The van der Waals surface area contributed by atoms with E-state index in [1.165, 1.54) is 30.5 Å². The summed E-state index contributed by atoms with van der Waals surface area (Å²) in [5, 5.41) is 6.46. The minimum atomic E-state index is -0.649. The van der Waals surface area contributed by atoms with Crippen LogP contribution in [-0.2, 0) is 11.2 Å². The number of hydrogen-bond donors (Lipinski definition) is 1. The van der Waals surface area contributed by atoms with Gasteiger partial charge in [-0.25, -0.2) is 17.9 Å². The number of benzene rings is 2. The molecule has 0 aliphatic carbocycles. The topological polar surface area (TPSA) is 46.9 Å². The molecule has 1 N–H and O–H groups in total. The summed E-state index contributed by atoms with van der Waals surface area (Å²) in [6.45, 7) is 0. The van der Waals surface area contributed by atoms with E-state index in [0.717, 1.165) is 22.9 Å². The van der Waals surface area contributed by atoms with Gasteiger partial charge in [-0.05, 0) is 23.8 Å². The third-order valence-electron chi connectivity index (χ3n) is 3.32. The molecule has 0 aliphatic rings. The molecule has 0 radical (unpaired) electrons. The van der Waals surface area contributed by atoms with Crippen molar-refractivity contribution in [3.8, 4) is 5.69 Å². The molecule has 1 amide bonds. The zero-order chi connectivity index (χ0) is 17.1. The van der Waals surface area contributed by atoms with Gasteiger partial charge in [0, 0.05) is 18.3 Å². The zero-order valence-electron chi connectivity index (χ0n) is 12.3. The Bertz CT molecular complexity index is 892. The lowest BCUT2D eigenvalue weighted by Crippen LogP contribution is -2.15. The number of aromatic nitrogens is 2. The van der Waals surface area contributed by atoms with Crippen LogP contribution in [0, 0.1) is 17.5 Å². The summed E-state index contributed by atoms with van der Waals surface area (Å²) in [6.07, 6.45) is 1.23. The molecule has 0 bridgehead atoms. The van der Waals surface area contributed by atoms with Gasteiger partial charge in [0.05, 0.1) is 6.42 Å². The predicted octanol–water partition coefficient (Wildman–Crippen LogP) is 3.47. The molecular weight excluding hydrogens is 319 g/mol. The first-order valence-electron chi connectivity index (χ1n) is 7.07. The van der Waals surface area contributed by atoms with Crippen LogP contribution >= 0.6 is 0 Å². The van der Waals surface area contributed by atoms with Gasteiger partial charge in [-0.1, -0.05) is 18.2 Å². The predicted molar refractivity (Wildman–Crippen MR) is 82.2 cm³/mol. The molecule has 0 fully saturated rings. The highest BCUT2D eigenvalue weighted by Crippen LogP contribution is 2.16. The van der Waals surface area contributed by atoms with Crippen LogP contribution in [0.15, 0.2) is 54.7 Å². The van der Waals surface area contributed by atoms with Crippen LogP contribution < -0.4 is 5.32 Å². The van der Waals surface area contributed by atoms with Crippen LogP contribution in [0.5, 0.6) is 0 Å². The Kier molecular flexibility index (Phi) is 4.33. The minimum Gasteiger partial charge on any atom is -0.309 e. The van der Waals surface area contributed by atoms with E-state index >= 15 is 0 Å². The lowest BCUT2D eigenvalue weighted by Gasteiger charge is -2.05. The molecule has 0 saturated carbocycles. The van der Waals surface area contributed by atoms with Gasteiger partial charge in [-0.2, -0.15) is 0 Å². The molecule has 24 heavy (non-hydrogen) atoms. The van der Waals surface area contributed by atoms with Crippen molar-refractivity contribution in [2.45, 2.75) is 6.42 Å². The average molecular weight is 331 g/mol. The summed E-state index contributed by atoms with van der Waals surface area (Å²) < 4.78 is 41.5. The number of hydrogen-bond acceptors (Lipinski definition) is 2. The smallest absolute Gasteiger partial charge is 0.230 e. The van der Waals surface area contributed by atoms with Gasteiger partial charge in [0.25, 0.3) is 0 Å². The second kappa shape index (κ2) is 6.57. The summed E-state index contributed by atoms with van der Waals surface area (Å²) in [6, 6.07) is 10.4. The van der Waals surface area contributed by atoms with Crippen LogP contribution in [-0.4, -0.2) is 15.7 Å². The molecule has 0 aliphatic heterocycles. The maximum Gasteiger partial charge on any atom is 0.230 e. The molecule has 122 valence electrons. The number of nitrogens with zero attached hydrogens (tertiary/aromatic N) is 2. The van der Waals surface area contributed by atoms with Crippen molar-refractivity contribution < 1.29 is 18.0 Å². The molecule has 1 aromatic heterocycles. The van der Waals surface area contributed by atoms with Crippen LogP contribution in [0.3, 0.4) is 0 Å². The molecular formula is C17H12F3N3O. The number of rotatable bonds is 4. The van der Waals surface area contributed by atoms with Gasteiger partial charge in [0.15, 0.2) is 5.82 Å². The first kappa shape index (κ1) is 15.8. The van der Waals surface area contributed by atoms with E-state index in [1.54, 1.807) is 6.07 Å². The van der Waals surface area contributed by atoms with Crippen LogP contribution in [0.25, 0.3) is 5.69 Å². The van der Waals surface area contributed by atoms with Crippen molar-refractivity contribution in [1.82, 2.24) is 9.78 Å². The van der Waals surface area contributed by atoms with Crippen LogP contribution in [0.4, 0.5) is 19.0 Å². The summed E-state index contributed by atoms with van der Waals surface area (Å²) in [4.78, 5) is 11.9. The Morgan fingerprint density at radius 3 is 2.62 bits per heavy atom. The van der Waals surface area contributed by atoms with E-state index < -0.39 is 23.4 Å². The molecule has 3 aromatic rings. The summed E-state index contributed by atoms with van der Waals surface area (Å²) in [5.74, 6) is -2.04. The van der Waals surface area contributed by atoms with Crippen molar-refractivity contribution in [2.24, 2.45) is 0 Å². The fourth-order valence-corrected chi connectivity index (χ4v) is 2.19. The first-order valence-corrected chi connectivity index (χ1v) is 7.07. The Morgan fingerprint density at radius 1 is 1.04 bits per heavy atom. The van der Waals surface area contributed by atoms with E-state index in [4.69, 9.17) is 0 Å². The van der Waals surface area contributed by atoms with Gasteiger partial charge in [-0.15, -0.1) is 5.10 Å². The standard InChI is InChI=1S/C17H12F3N3O/c18-12-5-6-14(20)15(10-12)23-8-7-16(22-23)21-17(24)9-11-3-1-2-4-13(11)19/h1-8,10H,9H2,(H,21,22,24). The number of carbonyl (C=O) groups excluding carboxylic acids is 1. The third-order valence-corrected chi connectivity index (χ3v) is 3.32. The third kappa shape index (κ3) is 3.45. The molecule has 1 heterocycles. The lowest BCUT2D eigenvalue weighted by molar-refractivity contribution is -0.115. The van der Waals surface area contributed by atoms with Crippen molar-refractivity contribution in [3.63, 3.8) is 0 Å². The fourth-order valence-electron chi connectivity index (χ4n) is 2.19. The Labute approximate surface area is 135 Å². The highest BCUT2D eigenvalue weighted by Gasteiger charge is 2.11. The van der Waals surface area contributed by atoms with E-state index in [1.807, 2.05) is 0 Å². The second-order valence-electron chi connectivity index (χ2n) is 5.06. The first-order chi connectivity index (χ1) is 11.5. The van der Waals surface area contributed by atoms with Crippen molar-refractivity contribution >= 4 is 11.7 Å². The van der Waals surface area contributed by atoms with Gasteiger partial charge in [-0.3, -0.25) is 4.79 Å². The molecule has 0 atom stereocenters. The van der Waals surface area contributed by atoms with E-state index in [-0.39, 0.29) is 23.5 Å². The number of carbonyl (C=O) groups is 1. The van der Waals surface area contributed by atoms with Crippen LogP contribution in [0.2, 0.25) is 0 Å². The van der Waals surface area contributed by atoms with E-state index in [0.29, 0.717) is 0 Å². The summed E-state index contributed by atoms with van der Waals surface area (Å²) >= 11 is 0. The maximum absolute atomic E-state index is 13.7. The molecule has 7 heteroatoms. The molecule has 0 saturated heterocycles. The maximum atomic E-state index is 13.7. The molecule has 0 unspecified atom stereocenters.